The second-order valence-electron chi connectivity index (χ2n) is 8.59. The smallest absolute Gasteiger partial charge is 0.270 e. The summed E-state index contributed by atoms with van der Waals surface area (Å²) in [6, 6.07) is 8.18. The quantitative estimate of drug-likeness (QED) is 0.671. The molecule has 32 heavy (non-hydrogen) atoms. The van der Waals surface area contributed by atoms with E-state index < -0.39 is 0 Å². The molecule has 4 heterocycles. The lowest BCUT2D eigenvalue weighted by atomic mass is 10.00. The van der Waals surface area contributed by atoms with Crippen molar-refractivity contribution in [2.75, 3.05) is 26.2 Å². The number of carbonyl (C=O) groups is 2. The van der Waals surface area contributed by atoms with E-state index in [1.54, 1.807) is 17.1 Å². The number of hydrogen-bond donors (Lipinski definition) is 1. The minimum absolute atomic E-state index is 0.0866. The van der Waals surface area contributed by atoms with Crippen molar-refractivity contribution in [2.24, 2.45) is 0 Å². The molecule has 1 saturated heterocycles. The molecule has 2 aliphatic heterocycles. The molecule has 166 valence electrons. The third-order valence-electron chi connectivity index (χ3n) is 6.40. The number of rotatable bonds is 5. The number of nitrogens with one attached hydrogen (secondary N) is 1. The van der Waals surface area contributed by atoms with Crippen LogP contribution in [0.15, 0.2) is 42.7 Å². The van der Waals surface area contributed by atoms with Gasteiger partial charge in [-0.15, -0.1) is 5.10 Å². The van der Waals surface area contributed by atoms with Gasteiger partial charge in [0.25, 0.3) is 5.91 Å². The molecular weight excluding hydrogens is 404 g/mol. The molecule has 2 amide bonds. The Morgan fingerprint density at radius 1 is 1.03 bits per heavy atom. The second-order valence-corrected chi connectivity index (χ2v) is 8.59. The van der Waals surface area contributed by atoms with Crippen LogP contribution in [0.1, 0.15) is 48.2 Å². The van der Waals surface area contributed by atoms with Gasteiger partial charge in [0.1, 0.15) is 5.69 Å². The number of nitrogens with zero attached hydrogens (tertiary/aromatic N) is 5. The summed E-state index contributed by atoms with van der Waals surface area (Å²) >= 11 is 0. The van der Waals surface area contributed by atoms with Crippen molar-refractivity contribution in [1.82, 2.24) is 29.8 Å². The molecule has 0 unspecified atom stereocenters. The lowest BCUT2D eigenvalue weighted by molar-refractivity contribution is -0.131. The first kappa shape index (κ1) is 20.5. The first-order chi connectivity index (χ1) is 15.7. The van der Waals surface area contributed by atoms with Crippen LogP contribution in [0.2, 0.25) is 0 Å². The van der Waals surface area contributed by atoms with Crippen molar-refractivity contribution < 1.29 is 9.59 Å². The Hall–Kier alpha value is -3.42. The summed E-state index contributed by atoms with van der Waals surface area (Å²) in [5.41, 5.74) is 3.84. The molecule has 0 saturated carbocycles. The van der Waals surface area contributed by atoms with E-state index in [9.17, 15) is 9.59 Å². The third-order valence-corrected chi connectivity index (χ3v) is 6.40. The Kier molecular flexibility index (Phi) is 5.75. The van der Waals surface area contributed by atoms with Crippen LogP contribution in [0.3, 0.4) is 0 Å². The van der Waals surface area contributed by atoms with Crippen LogP contribution in [0, 0.1) is 0 Å². The zero-order valence-electron chi connectivity index (χ0n) is 18.2. The molecule has 0 atom stereocenters. The van der Waals surface area contributed by atoms with E-state index >= 15 is 0 Å². The number of hydrogen-bond acceptors (Lipinski definition) is 4. The SMILES string of the molecule is O=C(CCn1ccnn1)N1CCC=C(c2ccc3cc(C(=O)N4CCCCC4)[nH]c3c2)C1. The molecule has 0 bridgehead atoms. The summed E-state index contributed by atoms with van der Waals surface area (Å²) in [7, 11) is 0. The summed E-state index contributed by atoms with van der Waals surface area (Å²) in [4.78, 5) is 32.7. The number of fused-ring (bicyclic) bond motifs is 1. The zero-order chi connectivity index (χ0) is 21.9. The van der Waals surface area contributed by atoms with Crippen LogP contribution >= 0.6 is 0 Å². The van der Waals surface area contributed by atoms with Gasteiger partial charge < -0.3 is 14.8 Å². The molecule has 0 spiro atoms. The topological polar surface area (TPSA) is 87.1 Å². The Balaban J connectivity index is 1.28. The number of H-pyrrole nitrogens is 1. The van der Waals surface area contributed by atoms with Gasteiger partial charge in [0.15, 0.2) is 0 Å². The molecule has 1 N–H and O–H groups in total. The van der Waals surface area contributed by atoms with Gasteiger partial charge in [-0.2, -0.15) is 0 Å². The van der Waals surface area contributed by atoms with Crippen molar-refractivity contribution in [3.8, 4) is 0 Å². The van der Waals surface area contributed by atoms with Gasteiger partial charge in [-0.3, -0.25) is 14.3 Å². The molecule has 1 aromatic carbocycles. The van der Waals surface area contributed by atoms with Gasteiger partial charge in [-0.05, 0) is 49.0 Å². The van der Waals surface area contributed by atoms with Crippen LogP contribution in [0.5, 0.6) is 0 Å². The summed E-state index contributed by atoms with van der Waals surface area (Å²) in [6.45, 7) is 3.55. The fourth-order valence-corrected chi connectivity index (χ4v) is 4.60. The van der Waals surface area contributed by atoms with Gasteiger partial charge >= 0.3 is 0 Å². The minimum Gasteiger partial charge on any atom is -0.351 e. The van der Waals surface area contributed by atoms with Crippen molar-refractivity contribution in [3.63, 3.8) is 0 Å². The maximum atomic E-state index is 12.8. The van der Waals surface area contributed by atoms with E-state index in [1.165, 1.54) is 6.42 Å². The van der Waals surface area contributed by atoms with Crippen LogP contribution in [-0.2, 0) is 11.3 Å². The van der Waals surface area contributed by atoms with Crippen LogP contribution in [0.25, 0.3) is 16.5 Å². The lowest BCUT2D eigenvalue weighted by Crippen LogP contribution is -2.36. The number of piperidine rings is 1. The van der Waals surface area contributed by atoms with Crippen molar-refractivity contribution in [1.29, 1.82) is 0 Å². The highest BCUT2D eigenvalue weighted by molar-refractivity contribution is 5.98. The first-order valence-corrected chi connectivity index (χ1v) is 11.4. The van der Waals surface area contributed by atoms with Gasteiger partial charge in [0, 0.05) is 49.7 Å². The van der Waals surface area contributed by atoms with E-state index in [-0.39, 0.29) is 11.8 Å². The highest BCUT2D eigenvalue weighted by Crippen LogP contribution is 2.26. The van der Waals surface area contributed by atoms with Crippen LogP contribution in [-0.4, -0.2) is 67.8 Å². The second kappa shape index (κ2) is 8.98. The van der Waals surface area contributed by atoms with E-state index in [0.29, 0.717) is 25.2 Å². The highest BCUT2D eigenvalue weighted by atomic mass is 16.2. The summed E-state index contributed by atoms with van der Waals surface area (Å²) in [6.07, 6.45) is 10.2. The molecule has 2 aliphatic rings. The zero-order valence-corrected chi connectivity index (χ0v) is 18.2. The van der Waals surface area contributed by atoms with Crippen LogP contribution < -0.4 is 0 Å². The Bertz CT molecular complexity index is 1140. The largest absolute Gasteiger partial charge is 0.351 e. The molecule has 5 rings (SSSR count). The molecule has 8 heteroatoms. The predicted molar refractivity (Wildman–Crippen MR) is 122 cm³/mol. The number of amides is 2. The molecular formula is C24H28N6O2. The Morgan fingerprint density at radius 2 is 1.91 bits per heavy atom. The molecule has 1 fully saturated rings. The minimum atomic E-state index is 0.0866. The van der Waals surface area contributed by atoms with E-state index in [2.05, 4.69) is 39.6 Å². The monoisotopic (exact) mass is 432 g/mol. The van der Waals surface area contributed by atoms with E-state index in [1.807, 2.05) is 15.9 Å². The Labute approximate surface area is 186 Å². The highest BCUT2D eigenvalue weighted by Gasteiger charge is 2.21. The summed E-state index contributed by atoms with van der Waals surface area (Å²) in [5.74, 6) is 0.213. The molecule has 8 nitrogen and oxygen atoms in total. The predicted octanol–water partition coefficient (Wildman–Crippen LogP) is 3.09. The number of benzene rings is 1. The standard InChI is InChI=1S/C24H28N6O2/c31-23(8-13-30-14-9-25-27-30)29-12-4-5-20(17-29)18-6-7-19-16-22(26-21(19)15-18)24(32)28-10-2-1-3-11-28/h5-7,9,14-16,26H,1-4,8,10-13,17H2. The number of aromatic nitrogens is 4. The van der Waals surface area contributed by atoms with Crippen molar-refractivity contribution in [3.05, 3.63) is 54.0 Å². The first-order valence-electron chi connectivity index (χ1n) is 11.4. The third kappa shape index (κ3) is 4.30. The van der Waals surface area contributed by atoms with Gasteiger partial charge in [0.05, 0.1) is 12.7 Å². The molecule has 0 radical (unpaired) electrons. The van der Waals surface area contributed by atoms with Crippen LogP contribution in [0.4, 0.5) is 0 Å². The Morgan fingerprint density at radius 3 is 2.72 bits per heavy atom. The fraction of sp³-hybridized carbons (Fsp3) is 0.417. The average Bonchev–Trinajstić information content (AvgIpc) is 3.52. The van der Waals surface area contributed by atoms with Gasteiger partial charge in [-0.25, -0.2) is 0 Å². The normalized spacial score (nSPS) is 16.9. The molecule has 2 aromatic heterocycles. The number of carbonyl (C=O) groups excluding carboxylic acids is 2. The van der Waals surface area contributed by atoms with Crippen molar-refractivity contribution >= 4 is 28.3 Å². The summed E-state index contributed by atoms with van der Waals surface area (Å²) < 4.78 is 1.68. The lowest BCUT2D eigenvalue weighted by Gasteiger charge is -2.28. The van der Waals surface area contributed by atoms with Crippen molar-refractivity contribution in [2.45, 2.75) is 38.6 Å². The van der Waals surface area contributed by atoms with E-state index in [0.717, 1.165) is 60.9 Å². The average molecular weight is 433 g/mol. The van der Waals surface area contributed by atoms with Gasteiger partial charge in [-0.1, -0.05) is 23.4 Å². The van der Waals surface area contributed by atoms with E-state index in [4.69, 9.17) is 0 Å². The number of aromatic amines is 1. The molecule has 3 aromatic rings. The maximum absolute atomic E-state index is 12.8. The summed E-state index contributed by atoms with van der Waals surface area (Å²) in [5, 5.41) is 8.74. The maximum Gasteiger partial charge on any atom is 0.270 e. The number of likely N-dealkylation sites (tertiary alicyclic amines) is 1. The molecule has 0 aliphatic carbocycles. The van der Waals surface area contributed by atoms with Gasteiger partial charge in [0.2, 0.25) is 5.91 Å². The fourth-order valence-electron chi connectivity index (χ4n) is 4.60. The number of aryl methyl sites for hydroxylation is 1.